The smallest absolute Gasteiger partial charge is 0.307 e. The Kier molecular flexibility index (Phi) is 5.44. The average Bonchev–Trinajstić information content (AvgIpc) is 2.96. The second kappa shape index (κ2) is 6.95. The molecule has 0 amide bonds. The predicted molar refractivity (Wildman–Crippen MR) is 100 cm³/mol. The van der Waals surface area contributed by atoms with E-state index in [1.54, 1.807) is 0 Å². The van der Waals surface area contributed by atoms with Crippen LogP contribution in [0.5, 0.6) is 0 Å². The van der Waals surface area contributed by atoms with Crippen LogP contribution in [0, 0.1) is 5.92 Å². The molecule has 0 aliphatic carbocycles. The minimum absolute atomic E-state index is 0.00105. The number of hydrogen-bond acceptors (Lipinski definition) is 6. The quantitative estimate of drug-likeness (QED) is 0.594. The summed E-state index contributed by atoms with van der Waals surface area (Å²) in [5.41, 5.74) is 3.28. The second-order valence-electron chi connectivity index (χ2n) is 6.35. The van der Waals surface area contributed by atoms with Gasteiger partial charge in [0.1, 0.15) is 5.60 Å². The molecule has 2 rings (SSSR count). The molecular formula is C14H24N4O2S2. The van der Waals surface area contributed by atoms with E-state index in [-0.39, 0.29) is 11.9 Å². The molecule has 0 N–H and O–H groups in total. The molecule has 0 aromatic heterocycles. The van der Waals surface area contributed by atoms with Gasteiger partial charge in [-0.15, -0.1) is 10.2 Å². The average molecular weight is 345 g/mol. The summed E-state index contributed by atoms with van der Waals surface area (Å²) >= 11 is 0. The Bertz CT molecular complexity index is 564. The van der Waals surface area contributed by atoms with Crippen LogP contribution < -0.4 is 0 Å². The van der Waals surface area contributed by atoms with Crippen molar-refractivity contribution in [3.8, 4) is 0 Å². The van der Waals surface area contributed by atoms with Gasteiger partial charge in [-0.1, -0.05) is 0 Å². The molecule has 2 heterocycles. The molecule has 8 heteroatoms. The van der Waals surface area contributed by atoms with Crippen molar-refractivity contribution in [1.82, 2.24) is 0 Å². The van der Waals surface area contributed by atoms with E-state index in [1.165, 1.54) is 0 Å². The summed E-state index contributed by atoms with van der Waals surface area (Å²) in [5.74, 6) is -0.200. The predicted octanol–water partition coefficient (Wildman–Crippen LogP) is 2.70. The number of rotatable bonds is 5. The minimum atomic E-state index is -0.504. The molecule has 2 aliphatic rings. The SMILES string of the molecule is C[SH]1C=NN=C1CC(CC(=O)OC(C)(C)C)C1=NN=C[SH]1C. The molecule has 0 spiro atoms. The van der Waals surface area contributed by atoms with Gasteiger partial charge in [-0.25, -0.2) is 0 Å². The number of thiol groups is 2. The van der Waals surface area contributed by atoms with Crippen LogP contribution in [0.2, 0.25) is 0 Å². The van der Waals surface area contributed by atoms with Crippen molar-refractivity contribution in [1.29, 1.82) is 0 Å². The summed E-state index contributed by atoms with van der Waals surface area (Å²) in [6.45, 7) is 5.63. The molecule has 2 aliphatic heterocycles. The molecule has 3 atom stereocenters. The lowest BCUT2D eigenvalue weighted by Gasteiger charge is -2.24. The Morgan fingerprint density at radius 1 is 1.18 bits per heavy atom. The lowest BCUT2D eigenvalue weighted by molar-refractivity contribution is -0.155. The monoisotopic (exact) mass is 344 g/mol. The van der Waals surface area contributed by atoms with E-state index >= 15 is 0 Å². The van der Waals surface area contributed by atoms with Crippen LogP contribution in [-0.2, 0) is 9.53 Å². The van der Waals surface area contributed by atoms with Gasteiger partial charge in [0.05, 0.1) is 27.6 Å². The van der Waals surface area contributed by atoms with Crippen LogP contribution in [0.25, 0.3) is 0 Å². The summed E-state index contributed by atoms with van der Waals surface area (Å²) in [7, 11) is -0.928. The zero-order valence-corrected chi connectivity index (χ0v) is 15.4. The Morgan fingerprint density at radius 2 is 1.82 bits per heavy atom. The lowest BCUT2D eigenvalue weighted by atomic mass is 10.0. The molecule has 0 bridgehead atoms. The van der Waals surface area contributed by atoms with Crippen molar-refractivity contribution < 1.29 is 9.53 Å². The number of esters is 1. The topological polar surface area (TPSA) is 75.7 Å². The minimum Gasteiger partial charge on any atom is -0.460 e. The number of hydrogen-bond donors (Lipinski definition) is 2. The first kappa shape index (κ1) is 17.2. The van der Waals surface area contributed by atoms with Crippen molar-refractivity contribution in [2.45, 2.75) is 39.2 Å². The van der Waals surface area contributed by atoms with Crippen LogP contribution >= 0.6 is 21.8 Å². The fraction of sp³-hybridized carbons (Fsp3) is 0.643. The van der Waals surface area contributed by atoms with Gasteiger partial charge in [-0.2, -0.15) is 32.0 Å². The van der Waals surface area contributed by atoms with E-state index in [4.69, 9.17) is 4.74 Å². The summed E-state index contributed by atoms with van der Waals surface area (Å²) in [5, 5.41) is 18.5. The first-order valence-electron chi connectivity index (χ1n) is 7.15. The van der Waals surface area contributed by atoms with E-state index in [9.17, 15) is 4.79 Å². The Labute approximate surface area is 136 Å². The summed E-state index contributed by atoms with van der Waals surface area (Å²) in [6, 6.07) is 0. The molecule has 3 unspecified atom stereocenters. The molecular weight excluding hydrogens is 320 g/mol. The Morgan fingerprint density at radius 3 is 2.32 bits per heavy atom. The Hall–Kier alpha value is -1.15. The third kappa shape index (κ3) is 4.67. The van der Waals surface area contributed by atoms with Crippen molar-refractivity contribution in [2.24, 2.45) is 26.3 Å². The summed E-state index contributed by atoms with van der Waals surface area (Å²) < 4.78 is 5.46. The van der Waals surface area contributed by atoms with Crippen molar-refractivity contribution >= 4 is 48.9 Å². The van der Waals surface area contributed by atoms with Crippen LogP contribution in [0.4, 0.5) is 0 Å². The number of ether oxygens (including phenoxy) is 1. The van der Waals surface area contributed by atoms with Gasteiger partial charge in [0, 0.05) is 12.3 Å². The lowest BCUT2D eigenvalue weighted by Crippen LogP contribution is -2.28. The molecule has 22 heavy (non-hydrogen) atoms. The maximum atomic E-state index is 12.2. The molecule has 0 aromatic carbocycles. The highest BCUT2D eigenvalue weighted by Crippen LogP contribution is 2.36. The van der Waals surface area contributed by atoms with Gasteiger partial charge in [-0.3, -0.25) is 4.79 Å². The van der Waals surface area contributed by atoms with Gasteiger partial charge in [0.2, 0.25) is 0 Å². The molecule has 6 nitrogen and oxygen atoms in total. The van der Waals surface area contributed by atoms with Crippen LogP contribution in [0.3, 0.4) is 0 Å². The van der Waals surface area contributed by atoms with Gasteiger partial charge in [0.15, 0.2) is 0 Å². The van der Waals surface area contributed by atoms with E-state index in [0.29, 0.717) is 12.8 Å². The molecule has 0 radical (unpaired) electrons. The maximum Gasteiger partial charge on any atom is 0.307 e. The third-order valence-corrected chi connectivity index (χ3v) is 6.34. The fourth-order valence-corrected chi connectivity index (χ4v) is 4.53. The van der Waals surface area contributed by atoms with E-state index < -0.39 is 27.4 Å². The highest BCUT2D eigenvalue weighted by Gasteiger charge is 2.29. The summed E-state index contributed by atoms with van der Waals surface area (Å²) in [4.78, 5) is 12.2. The zero-order chi connectivity index (χ0) is 16.3. The van der Waals surface area contributed by atoms with E-state index in [0.717, 1.165) is 10.1 Å². The standard InChI is InChI=1S/C14H24N4O2S2/c1-14(2,3)20-12(19)7-10(13-18-16-9-22(13)5)6-11-17-15-8-21(11)4/h8-10,21-22H,6-7H2,1-5H3. The maximum absolute atomic E-state index is 12.2. The first-order chi connectivity index (χ1) is 10.3. The van der Waals surface area contributed by atoms with Crippen LogP contribution in [0.15, 0.2) is 20.4 Å². The van der Waals surface area contributed by atoms with Crippen molar-refractivity contribution in [3.63, 3.8) is 0 Å². The second-order valence-corrected chi connectivity index (χ2v) is 10.2. The highest BCUT2D eigenvalue weighted by atomic mass is 32.2. The fourth-order valence-electron chi connectivity index (χ4n) is 2.21. The number of carbonyl (C=O) groups is 1. The van der Waals surface area contributed by atoms with Gasteiger partial charge >= 0.3 is 5.97 Å². The first-order valence-corrected chi connectivity index (χ1v) is 10.9. The van der Waals surface area contributed by atoms with Crippen LogP contribution in [0.1, 0.15) is 33.6 Å². The zero-order valence-electron chi connectivity index (χ0n) is 13.6. The van der Waals surface area contributed by atoms with E-state index in [2.05, 4.69) is 32.9 Å². The van der Waals surface area contributed by atoms with Crippen molar-refractivity contribution in [3.05, 3.63) is 0 Å². The van der Waals surface area contributed by atoms with Crippen molar-refractivity contribution in [2.75, 3.05) is 12.5 Å². The molecule has 0 saturated heterocycles. The van der Waals surface area contributed by atoms with E-state index in [1.807, 2.05) is 31.9 Å². The largest absolute Gasteiger partial charge is 0.460 e. The molecule has 0 aromatic rings. The third-order valence-electron chi connectivity index (χ3n) is 3.18. The van der Waals surface area contributed by atoms with Gasteiger partial charge in [-0.05, 0) is 33.3 Å². The highest BCUT2D eigenvalue weighted by molar-refractivity contribution is 8.40. The van der Waals surface area contributed by atoms with Gasteiger partial charge < -0.3 is 4.74 Å². The normalized spacial score (nSPS) is 28.4. The molecule has 0 fully saturated rings. The molecule has 0 saturated carbocycles. The molecule has 124 valence electrons. The van der Waals surface area contributed by atoms with Gasteiger partial charge in [0.25, 0.3) is 0 Å². The Balaban J connectivity index is 2.07. The van der Waals surface area contributed by atoms with Crippen LogP contribution in [-0.4, -0.2) is 45.3 Å². The number of carbonyl (C=O) groups excluding carboxylic acids is 1. The summed E-state index contributed by atoms with van der Waals surface area (Å²) in [6.07, 6.45) is 5.25. The number of nitrogens with zero attached hydrogens (tertiary/aromatic N) is 4.